The number of ether oxygens (including phenoxy) is 1. The number of phenolic OH excluding ortho intramolecular Hbond substituents is 1. The predicted molar refractivity (Wildman–Crippen MR) is 62.7 cm³/mol. The van der Waals surface area contributed by atoms with Gasteiger partial charge in [0.25, 0.3) is 0 Å². The summed E-state index contributed by atoms with van der Waals surface area (Å²) in [7, 11) is 0. The van der Waals surface area contributed by atoms with Crippen LogP contribution in [0.1, 0.15) is 23.6 Å². The number of carbonyl (C=O) groups is 1. The molecule has 0 unspecified atom stereocenters. The van der Waals surface area contributed by atoms with E-state index in [0.29, 0.717) is 17.7 Å². The van der Waals surface area contributed by atoms with Gasteiger partial charge in [-0.25, -0.2) is 0 Å². The van der Waals surface area contributed by atoms with Gasteiger partial charge in [0, 0.05) is 5.56 Å². The van der Waals surface area contributed by atoms with Crippen LogP contribution in [0.4, 0.5) is 0 Å². The molecule has 0 heterocycles. The second-order valence-corrected chi connectivity index (χ2v) is 3.64. The van der Waals surface area contributed by atoms with Crippen LogP contribution < -0.4 is 0 Å². The number of phenols is 1. The lowest BCUT2D eigenvalue weighted by atomic mass is 10.0. The van der Waals surface area contributed by atoms with Crippen LogP contribution in [0.2, 0.25) is 0 Å². The zero-order chi connectivity index (χ0) is 12.8. The van der Waals surface area contributed by atoms with Crippen molar-refractivity contribution in [3.8, 4) is 11.8 Å². The van der Waals surface area contributed by atoms with Gasteiger partial charge in [-0.3, -0.25) is 4.79 Å². The van der Waals surface area contributed by atoms with E-state index in [4.69, 9.17) is 21.6 Å². The standard InChI is InChI=1S/C12H12ClNO3/c1-2-17-12(16)5-8-3-9(7-14)10(6-13)11(15)4-8/h3-4,15H,2,5-6H2,1H3. The number of aromatic hydroxyl groups is 1. The Hall–Kier alpha value is -1.73. The highest BCUT2D eigenvalue weighted by Crippen LogP contribution is 2.25. The van der Waals surface area contributed by atoms with Gasteiger partial charge in [0.15, 0.2) is 0 Å². The summed E-state index contributed by atoms with van der Waals surface area (Å²) in [6.45, 7) is 2.02. The van der Waals surface area contributed by atoms with Gasteiger partial charge in [0.05, 0.1) is 30.5 Å². The molecule has 0 aliphatic heterocycles. The highest BCUT2D eigenvalue weighted by Gasteiger charge is 2.12. The first-order valence-electron chi connectivity index (χ1n) is 5.08. The zero-order valence-electron chi connectivity index (χ0n) is 9.36. The predicted octanol–water partition coefficient (Wildman–Crippen LogP) is 2.11. The highest BCUT2D eigenvalue weighted by atomic mass is 35.5. The Morgan fingerprint density at radius 2 is 2.29 bits per heavy atom. The van der Waals surface area contributed by atoms with Gasteiger partial charge >= 0.3 is 5.97 Å². The van der Waals surface area contributed by atoms with Crippen LogP contribution in [-0.2, 0) is 21.8 Å². The number of nitriles is 1. The molecule has 0 aliphatic rings. The quantitative estimate of drug-likeness (QED) is 0.659. The zero-order valence-corrected chi connectivity index (χ0v) is 10.1. The van der Waals surface area contributed by atoms with Gasteiger partial charge in [-0.15, -0.1) is 11.6 Å². The normalized spacial score (nSPS) is 9.71. The highest BCUT2D eigenvalue weighted by molar-refractivity contribution is 6.17. The van der Waals surface area contributed by atoms with Crippen LogP contribution in [0.25, 0.3) is 0 Å². The van der Waals surface area contributed by atoms with Crippen molar-refractivity contribution in [2.45, 2.75) is 19.2 Å². The summed E-state index contributed by atoms with van der Waals surface area (Å²) in [5.41, 5.74) is 1.19. The van der Waals surface area contributed by atoms with Crippen molar-refractivity contribution in [3.63, 3.8) is 0 Å². The fourth-order valence-corrected chi connectivity index (χ4v) is 1.72. The Morgan fingerprint density at radius 1 is 1.59 bits per heavy atom. The van der Waals surface area contributed by atoms with Crippen molar-refractivity contribution in [2.24, 2.45) is 0 Å². The molecule has 0 saturated carbocycles. The fourth-order valence-electron chi connectivity index (χ4n) is 1.44. The Bertz CT molecular complexity index is 466. The number of halogens is 1. The van der Waals surface area contributed by atoms with E-state index in [1.165, 1.54) is 12.1 Å². The molecule has 0 spiro atoms. The largest absolute Gasteiger partial charge is 0.508 e. The SMILES string of the molecule is CCOC(=O)Cc1cc(O)c(CCl)c(C#N)c1. The van der Waals surface area contributed by atoms with Crippen LogP contribution in [0.15, 0.2) is 12.1 Å². The van der Waals surface area contributed by atoms with Gasteiger partial charge in [-0.05, 0) is 24.6 Å². The molecule has 1 rings (SSSR count). The van der Waals surface area contributed by atoms with E-state index >= 15 is 0 Å². The second kappa shape index (κ2) is 6.12. The molecule has 5 heteroatoms. The van der Waals surface area contributed by atoms with E-state index in [1.54, 1.807) is 6.92 Å². The summed E-state index contributed by atoms with van der Waals surface area (Å²) in [4.78, 5) is 11.3. The number of benzene rings is 1. The first kappa shape index (κ1) is 13.3. The van der Waals surface area contributed by atoms with E-state index < -0.39 is 5.97 Å². The molecular weight excluding hydrogens is 242 g/mol. The Labute approximate surface area is 104 Å². The Balaban J connectivity index is 3.00. The van der Waals surface area contributed by atoms with Crippen LogP contribution in [0, 0.1) is 11.3 Å². The third-order valence-corrected chi connectivity index (χ3v) is 2.46. The number of carbonyl (C=O) groups excluding carboxylic acids is 1. The maximum Gasteiger partial charge on any atom is 0.310 e. The van der Waals surface area contributed by atoms with Gasteiger partial charge in [0.2, 0.25) is 0 Å². The third-order valence-electron chi connectivity index (χ3n) is 2.19. The van der Waals surface area contributed by atoms with E-state index in [-0.39, 0.29) is 23.6 Å². The van der Waals surface area contributed by atoms with E-state index in [9.17, 15) is 9.90 Å². The minimum Gasteiger partial charge on any atom is -0.508 e. The summed E-state index contributed by atoms with van der Waals surface area (Å²) in [6, 6.07) is 4.90. The molecule has 1 aromatic rings. The minimum atomic E-state index is -0.394. The molecule has 1 aromatic carbocycles. The van der Waals surface area contributed by atoms with Crippen molar-refractivity contribution in [3.05, 3.63) is 28.8 Å². The van der Waals surface area contributed by atoms with Crippen molar-refractivity contribution in [1.82, 2.24) is 0 Å². The lowest BCUT2D eigenvalue weighted by molar-refractivity contribution is -0.142. The van der Waals surface area contributed by atoms with Crippen molar-refractivity contribution >= 4 is 17.6 Å². The van der Waals surface area contributed by atoms with Crippen LogP contribution >= 0.6 is 11.6 Å². The number of rotatable bonds is 4. The number of hydrogen-bond acceptors (Lipinski definition) is 4. The number of hydrogen-bond donors (Lipinski definition) is 1. The molecule has 0 fully saturated rings. The molecule has 90 valence electrons. The molecule has 17 heavy (non-hydrogen) atoms. The summed E-state index contributed by atoms with van der Waals surface area (Å²) in [6.07, 6.45) is 0.0264. The number of nitrogens with zero attached hydrogens (tertiary/aromatic N) is 1. The first-order chi connectivity index (χ1) is 8.12. The average molecular weight is 254 g/mol. The molecule has 0 aromatic heterocycles. The smallest absolute Gasteiger partial charge is 0.310 e. The maximum absolute atomic E-state index is 11.3. The fraction of sp³-hybridized carbons (Fsp3) is 0.333. The van der Waals surface area contributed by atoms with Gasteiger partial charge in [0.1, 0.15) is 5.75 Å². The minimum absolute atomic E-state index is 0.0264. The van der Waals surface area contributed by atoms with Crippen LogP contribution in [0.3, 0.4) is 0 Å². The summed E-state index contributed by atoms with van der Waals surface area (Å²) in [5.74, 6) is -0.415. The number of alkyl halides is 1. The molecule has 1 N–H and O–H groups in total. The first-order valence-corrected chi connectivity index (χ1v) is 5.62. The monoisotopic (exact) mass is 253 g/mol. The average Bonchev–Trinajstić information content (AvgIpc) is 2.28. The summed E-state index contributed by atoms with van der Waals surface area (Å²) < 4.78 is 4.79. The number of esters is 1. The lowest BCUT2D eigenvalue weighted by Gasteiger charge is -2.07. The Kier molecular flexibility index (Phi) is 4.80. The molecule has 0 amide bonds. The Morgan fingerprint density at radius 3 is 2.82 bits per heavy atom. The van der Waals surface area contributed by atoms with Gasteiger partial charge < -0.3 is 9.84 Å². The summed E-state index contributed by atoms with van der Waals surface area (Å²) >= 11 is 5.62. The van der Waals surface area contributed by atoms with Crippen molar-refractivity contribution in [1.29, 1.82) is 5.26 Å². The lowest BCUT2D eigenvalue weighted by Crippen LogP contribution is -2.08. The molecular formula is C12H12ClNO3. The summed E-state index contributed by atoms with van der Waals surface area (Å²) in [5, 5.41) is 18.6. The molecule has 4 nitrogen and oxygen atoms in total. The van der Waals surface area contributed by atoms with Gasteiger partial charge in [-0.2, -0.15) is 5.26 Å². The molecule has 0 atom stereocenters. The van der Waals surface area contributed by atoms with E-state index in [2.05, 4.69) is 0 Å². The van der Waals surface area contributed by atoms with Crippen LogP contribution in [-0.4, -0.2) is 17.7 Å². The molecule has 0 bridgehead atoms. The molecule has 0 radical (unpaired) electrons. The topological polar surface area (TPSA) is 70.3 Å². The molecule has 0 saturated heterocycles. The van der Waals surface area contributed by atoms with Crippen LogP contribution in [0.5, 0.6) is 5.75 Å². The van der Waals surface area contributed by atoms with Gasteiger partial charge in [-0.1, -0.05) is 0 Å². The second-order valence-electron chi connectivity index (χ2n) is 3.37. The van der Waals surface area contributed by atoms with Crippen molar-refractivity contribution in [2.75, 3.05) is 6.61 Å². The maximum atomic E-state index is 11.3. The molecule has 0 aliphatic carbocycles. The van der Waals surface area contributed by atoms with Crippen molar-refractivity contribution < 1.29 is 14.6 Å². The van der Waals surface area contributed by atoms with E-state index in [0.717, 1.165) is 0 Å². The van der Waals surface area contributed by atoms with E-state index in [1.807, 2.05) is 6.07 Å². The third kappa shape index (κ3) is 3.36.